The number of carbonyl (C=O) groups is 1. The van der Waals surface area contributed by atoms with Crippen molar-refractivity contribution >= 4 is 5.78 Å². The smallest absolute Gasteiger partial charge is 0.170 e. The van der Waals surface area contributed by atoms with E-state index in [1.807, 2.05) is 33.0 Å². The number of carbonyl (C=O) groups excluding carboxylic acids is 1. The van der Waals surface area contributed by atoms with E-state index in [1.165, 1.54) is 0 Å². The third-order valence-corrected chi connectivity index (χ3v) is 4.23. The lowest BCUT2D eigenvalue weighted by Gasteiger charge is -2.40. The van der Waals surface area contributed by atoms with Crippen LogP contribution in [0.3, 0.4) is 0 Å². The number of hydrogen-bond acceptors (Lipinski definition) is 3. The Kier molecular flexibility index (Phi) is 3.95. The monoisotopic (exact) mass is 261 g/mol. The Labute approximate surface area is 115 Å². The normalized spacial score (nSPS) is 16.8. The zero-order valence-corrected chi connectivity index (χ0v) is 12.3. The van der Waals surface area contributed by atoms with E-state index in [4.69, 9.17) is 4.74 Å². The Balaban J connectivity index is 2.34. The van der Waals surface area contributed by atoms with Crippen LogP contribution >= 0.6 is 0 Å². The summed E-state index contributed by atoms with van der Waals surface area (Å²) < 4.78 is 5.36. The topological polar surface area (TPSA) is 38.3 Å². The second-order valence-corrected chi connectivity index (χ2v) is 5.64. The lowest BCUT2D eigenvalue weighted by atomic mass is 9.64. The fourth-order valence-corrected chi connectivity index (χ4v) is 3.14. The molecule has 1 fully saturated rings. The molecule has 0 radical (unpaired) electrons. The predicted molar refractivity (Wildman–Crippen MR) is 77.0 cm³/mol. The van der Waals surface area contributed by atoms with Crippen molar-refractivity contribution in [2.24, 2.45) is 5.41 Å². The third-order valence-electron chi connectivity index (χ3n) is 4.23. The van der Waals surface area contributed by atoms with Gasteiger partial charge in [-0.25, -0.2) is 0 Å². The molecule has 1 aliphatic carbocycles. The summed E-state index contributed by atoms with van der Waals surface area (Å²) in [5, 5.41) is 3.17. The highest BCUT2D eigenvalue weighted by atomic mass is 16.5. The van der Waals surface area contributed by atoms with Gasteiger partial charge in [0.15, 0.2) is 5.78 Å². The summed E-state index contributed by atoms with van der Waals surface area (Å²) in [4.78, 5) is 12.8. The summed E-state index contributed by atoms with van der Waals surface area (Å²) in [6.45, 7) is 4.76. The van der Waals surface area contributed by atoms with Crippen LogP contribution in [0.4, 0.5) is 0 Å². The lowest BCUT2D eigenvalue weighted by Crippen LogP contribution is -2.45. The van der Waals surface area contributed by atoms with Crippen LogP contribution in [0.5, 0.6) is 5.75 Å². The van der Waals surface area contributed by atoms with Crippen molar-refractivity contribution in [3.8, 4) is 5.75 Å². The van der Waals surface area contributed by atoms with E-state index >= 15 is 0 Å². The number of hydrogen-bond donors (Lipinski definition) is 1. The van der Waals surface area contributed by atoms with Gasteiger partial charge in [0.25, 0.3) is 0 Å². The summed E-state index contributed by atoms with van der Waals surface area (Å²) in [5.74, 6) is 1.16. The van der Waals surface area contributed by atoms with Gasteiger partial charge >= 0.3 is 0 Å². The maximum absolute atomic E-state index is 12.8. The minimum atomic E-state index is -0.178. The maximum Gasteiger partial charge on any atom is 0.170 e. The number of methoxy groups -OCH3 is 1. The zero-order valence-electron chi connectivity index (χ0n) is 12.3. The van der Waals surface area contributed by atoms with Crippen molar-refractivity contribution in [3.63, 3.8) is 0 Å². The Morgan fingerprint density at radius 1 is 1.32 bits per heavy atom. The van der Waals surface area contributed by atoms with E-state index in [-0.39, 0.29) is 11.2 Å². The van der Waals surface area contributed by atoms with Crippen molar-refractivity contribution in [2.75, 3.05) is 20.7 Å². The Bertz CT molecular complexity index is 467. The molecule has 0 aliphatic heterocycles. The number of nitrogens with one attached hydrogen (secondary N) is 1. The van der Waals surface area contributed by atoms with Crippen LogP contribution in [-0.4, -0.2) is 26.5 Å². The van der Waals surface area contributed by atoms with E-state index in [9.17, 15) is 4.79 Å². The van der Waals surface area contributed by atoms with E-state index in [1.54, 1.807) is 7.11 Å². The second kappa shape index (κ2) is 5.33. The second-order valence-electron chi connectivity index (χ2n) is 5.64. The van der Waals surface area contributed by atoms with Gasteiger partial charge in [0, 0.05) is 17.5 Å². The molecule has 0 aromatic heterocycles. The first-order chi connectivity index (χ1) is 9.04. The Morgan fingerprint density at radius 2 is 1.89 bits per heavy atom. The van der Waals surface area contributed by atoms with Gasteiger partial charge < -0.3 is 10.1 Å². The largest absolute Gasteiger partial charge is 0.496 e. The molecule has 2 rings (SSSR count). The Morgan fingerprint density at radius 3 is 2.26 bits per heavy atom. The quantitative estimate of drug-likeness (QED) is 0.828. The highest BCUT2D eigenvalue weighted by Gasteiger charge is 2.43. The number of Topliss-reactive ketones (excluding diaryl/α,β-unsaturated/α-hetero) is 1. The number of ketones is 1. The summed E-state index contributed by atoms with van der Waals surface area (Å²) in [7, 11) is 3.59. The molecule has 0 unspecified atom stereocenters. The molecule has 0 atom stereocenters. The van der Waals surface area contributed by atoms with Gasteiger partial charge in [-0.3, -0.25) is 4.79 Å². The van der Waals surface area contributed by atoms with Crippen molar-refractivity contribution in [2.45, 2.75) is 33.1 Å². The van der Waals surface area contributed by atoms with Crippen LogP contribution in [0, 0.1) is 19.3 Å². The molecule has 19 heavy (non-hydrogen) atoms. The van der Waals surface area contributed by atoms with Crippen molar-refractivity contribution in [3.05, 3.63) is 28.8 Å². The van der Waals surface area contributed by atoms with E-state index in [2.05, 4.69) is 5.32 Å². The highest BCUT2D eigenvalue weighted by Crippen LogP contribution is 2.43. The van der Waals surface area contributed by atoms with Crippen LogP contribution < -0.4 is 10.1 Å². The van der Waals surface area contributed by atoms with E-state index < -0.39 is 0 Å². The third kappa shape index (κ3) is 2.39. The molecule has 0 saturated heterocycles. The van der Waals surface area contributed by atoms with Crippen molar-refractivity contribution < 1.29 is 9.53 Å². The van der Waals surface area contributed by atoms with Gasteiger partial charge in [0.1, 0.15) is 5.75 Å². The summed E-state index contributed by atoms with van der Waals surface area (Å²) in [5.41, 5.74) is 2.71. The van der Waals surface area contributed by atoms with Gasteiger partial charge in [-0.05, 0) is 57.0 Å². The summed E-state index contributed by atoms with van der Waals surface area (Å²) in [6, 6.07) is 3.92. The van der Waals surface area contributed by atoms with E-state index in [0.29, 0.717) is 0 Å². The fraction of sp³-hybridized carbons (Fsp3) is 0.562. The van der Waals surface area contributed by atoms with Gasteiger partial charge in [-0.2, -0.15) is 0 Å². The van der Waals surface area contributed by atoms with E-state index in [0.717, 1.165) is 48.2 Å². The molecular formula is C16H23NO2. The first-order valence-electron chi connectivity index (χ1n) is 6.89. The minimum absolute atomic E-state index is 0.178. The molecule has 1 aromatic rings. The molecule has 104 valence electrons. The van der Waals surface area contributed by atoms with Crippen molar-refractivity contribution in [1.29, 1.82) is 0 Å². The fourth-order valence-electron chi connectivity index (χ4n) is 3.14. The zero-order chi connectivity index (χ0) is 14.0. The van der Waals surface area contributed by atoms with Crippen LogP contribution in [0.2, 0.25) is 0 Å². The number of benzene rings is 1. The Hall–Kier alpha value is -1.35. The molecule has 0 heterocycles. The molecule has 1 saturated carbocycles. The summed E-state index contributed by atoms with van der Waals surface area (Å²) in [6.07, 6.45) is 3.15. The van der Waals surface area contributed by atoms with Gasteiger partial charge in [0.2, 0.25) is 0 Å². The maximum atomic E-state index is 12.8. The molecule has 3 nitrogen and oxygen atoms in total. The molecule has 0 spiro atoms. The predicted octanol–water partition coefficient (Wildman–Crippen LogP) is 2.88. The van der Waals surface area contributed by atoms with Crippen LogP contribution in [0.1, 0.15) is 40.7 Å². The first-order valence-corrected chi connectivity index (χ1v) is 6.89. The molecule has 3 heteroatoms. The lowest BCUT2D eigenvalue weighted by molar-refractivity contribution is 0.0614. The number of rotatable bonds is 5. The summed E-state index contributed by atoms with van der Waals surface area (Å²) >= 11 is 0. The molecular weight excluding hydrogens is 238 g/mol. The molecule has 1 aromatic carbocycles. The SMILES string of the molecule is CNCC1(C(=O)c2cc(C)c(OC)c(C)c2)CCC1. The first kappa shape index (κ1) is 14.1. The van der Waals surface area contributed by atoms with Crippen molar-refractivity contribution in [1.82, 2.24) is 5.32 Å². The molecule has 1 N–H and O–H groups in total. The molecule has 0 amide bonds. The average molecular weight is 261 g/mol. The van der Waals surface area contributed by atoms with Gasteiger partial charge in [0.05, 0.1) is 7.11 Å². The number of aryl methyl sites for hydroxylation is 2. The van der Waals surface area contributed by atoms with Crippen LogP contribution in [0.25, 0.3) is 0 Å². The molecule has 1 aliphatic rings. The van der Waals surface area contributed by atoms with Crippen LogP contribution in [-0.2, 0) is 0 Å². The van der Waals surface area contributed by atoms with Gasteiger partial charge in [-0.15, -0.1) is 0 Å². The highest BCUT2D eigenvalue weighted by molar-refractivity contribution is 6.01. The average Bonchev–Trinajstić information content (AvgIpc) is 2.32. The number of ether oxygens (including phenoxy) is 1. The van der Waals surface area contributed by atoms with Crippen LogP contribution in [0.15, 0.2) is 12.1 Å². The molecule has 0 bridgehead atoms. The minimum Gasteiger partial charge on any atom is -0.496 e. The standard InChI is InChI=1S/C16H23NO2/c1-11-8-13(9-12(2)14(11)19-4)15(18)16(10-17-3)6-5-7-16/h8-9,17H,5-7,10H2,1-4H3. The van der Waals surface area contributed by atoms with Gasteiger partial charge in [-0.1, -0.05) is 6.42 Å².